The molecule has 2 heterocycles. The zero-order valence-corrected chi connectivity index (χ0v) is 20.4. The van der Waals surface area contributed by atoms with Crippen LogP contribution >= 0.6 is 0 Å². The number of carboxylic acids is 2. The zero-order chi connectivity index (χ0) is 27.0. The standard InChI is InChI=1S/C20H28N6O4.C2H2O4/c1-21(16-5-7-17(8-6-16)26(29)30)9-4-10-24-11-13-25(14-12-24)18-15-19(27)23(3)20(28)22(18)2;3-1(4)2(5)6/h5-8,15H,4,9-14H2,1-3H3;(H,3,4)(H,5,6). The SMILES string of the molecule is CN(CCCN1CCN(c2cc(=O)n(C)c(=O)n2C)CC1)c1ccc([N+](=O)[O-])cc1.O=C(O)C(=O)O. The number of nitro benzene ring substituents is 1. The van der Waals surface area contributed by atoms with Crippen molar-refractivity contribution in [1.82, 2.24) is 14.0 Å². The Hall–Kier alpha value is -4.20. The summed E-state index contributed by atoms with van der Waals surface area (Å²) in [5.41, 5.74) is 0.454. The maximum Gasteiger partial charge on any atom is 0.414 e. The van der Waals surface area contributed by atoms with Crippen molar-refractivity contribution >= 4 is 29.1 Å². The highest BCUT2D eigenvalue weighted by molar-refractivity contribution is 6.27. The number of rotatable bonds is 7. The van der Waals surface area contributed by atoms with Gasteiger partial charge in [-0.15, -0.1) is 0 Å². The monoisotopic (exact) mass is 506 g/mol. The molecule has 1 fully saturated rings. The molecule has 0 bridgehead atoms. The maximum atomic E-state index is 12.1. The van der Waals surface area contributed by atoms with Gasteiger partial charge in [0.15, 0.2) is 0 Å². The summed E-state index contributed by atoms with van der Waals surface area (Å²) in [5, 5.41) is 25.5. The fourth-order valence-corrected chi connectivity index (χ4v) is 3.71. The van der Waals surface area contributed by atoms with Gasteiger partial charge in [-0.3, -0.25) is 28.9 Å². The number of anilines is 2. The zero-order valence-electron chi connectivity index (χ0n) is 20.4. The van der Waals surface area contributed by atoms with Gasteiger partial charge in [-0.1, -0.05) is 0 Å². The van der Waals surface area contributed by atoms with Crippen molar-refractivity contribution in [2.24, 2.45) is 14.1 Å². The van der Waals surface area contributed by atoms with Gasteiger partial charge in [-0.2, -0.15) is 0 Å². The third kappa shape index (κ3) is 7.40. The average molecular weight is 507 g/mol. The molecule has 0 radical (unpaired) electrons. The van der Waals surface area contributed by atoms with Crippen LogP contribution in [0.25, 0.3) is 0 Å². The largest absolute Gasteiger partial charge is 0.473 e. The summed E-state index contributed by atoms with van der Waals surface area (Å²) < 4.78 is 2.64. The molecule has 0 atom stereocenters. The Morgan fingerprint density at radius 3 is 2.06 bits per heavy atom. The number of carbonyl (C=O) groups is 2. The van der Waals surface area contributed by atoms with E-state index < -0.39 is 16.9 Å². The topological polar surface area (TPSA) is 171 Å². The van der Waals surface area contributed by atoms with E-state index in [1.54, 1.807) is 19.2 Å². The smallest absolute Gasteiger partial charge is 0.414 e. The number of benzene rings is 1. The van der Waals surface area contributed by atoms with Crippen LogP contribution in [-0.2, 0) is 23.7 Å². The van der Waals surface area contributed by atoms with Crippen molar-refractivity contribution in [2.75, 3.05) is 56.1 Å². The van der Waals surface area contributed by atoms with Gasteiger partial charge < -0.3 is 20.0 Å². The molecule has 0 spiro atoms. The van der Waals surface area contributed by atoms with E-state index in [-0.39, 0.29) is 16.9 Å². The predicted octanol–water partition coefficient (Wildman–Crippen LogP) is -0.204. The summed E-state index contributed by atoms with van der Waals surface area (Å²) in [5.74, 6) is -2.98. The van der Waals surface area contributed by atoms with E-state index in [9.17, 15) is 19.7 Å². The van der Waals surface area contributed by atoms with Gasteiger partial charge in [0.25, 0.3) is 11.2 Å². The number of aromatic nitrogens is 2. The lowest BCUT2D eigenvalue weighted by Crippen LogP contribution is -2.49. The van der Waals surface area contributed by atoms with E-state index in [0.717, 1.165) is 55.9 Å². The molecule has 0 unspecified atom stereocenters. The minimum absolute atomic E-state index is 0.0961. The second-order valence-corrected chi connectivity index (χ2v) is 8.23. The highest BCUT2D eigenvalue weighted by atomic mass is 16.6. The number of piperazine rings is 1. The maximum absolute atomic E-state index is 12.1. The Labute approximate surface area is 206 Å². The average Bonchev–Trinajstić information content (AvgIpc) is 2.85. The van der Waals surface area contributed by atoms with Crippen LogP contribution in [0.15, 0.2) is 39.9 Å². The summed E-state index contributed by atoms with van der Waals surface area (Å²) in [7, 11) is 5.16. The highest BCUT2D eigenvalue weighted by Gasteiger charge is 2.20. The van der Waals surface area contributed by atoms with E-state index in [2.05, 4.69) is 14.7 Å². The molecule has 14 heteroatoms. The molecule has 0 aliphatic carbocycles. The second-order valence-electron chi connectivity index (χ2n) is 8.23. The van der Waals surface area contributed by atoms with Crippen LogP contribution in [0.3, 0.4) is 0 Å². The lowest BCUT2D eigenvalue weighted by molar-refractivity contribution is -0.384. The number of nitrogens with zero attached hydrogens (tertiary/aromatic N) is 6. The number of nitro groups is 1. The molecular formula is C22H30N6O8. The summed E-state index contributed by atoms with van der Waals surface area (Å²) in [4.78, 5) is 59.2. The van der Waals surface area contributed by atoms with Crippen molar-refractivity contribution in [3.8, 4) is 0 Å². The van der Waals surface area contributed by atoms with Crippen LogP contribution < -0.4 is 21.0 Å². The van der Waals surface area contributed by atoms with Crippen molar-refractivity contribution < 1.29 is 24.7 Å². The second kappa shape index (κ2) is 12.5. The van der Waals surface area contributed by atoms with E-state index in [1.165, 1.54) is 29.8 Å². The number of hydrogen-bond acceptors (Lipinski definition) is 9. The molecule has 1 aliphatic rings. The Bertz CT molecular complexity index is 1190. The fourth-order valence-electron chi connectivity index (χ4n) is 3.71. The van der Waals surface area contributed by atoms with Gasteiger partial charge in [0.2, 0.25) is 0 Å². The third-order valence-corrected chi connectivity index (χ3v) is 5.85. The lowest BCUT2D eigenvalue weighted by Gasteiger charge is -2.36. The van der Waals surface area contributed by atoms with Crippen LogP contribution in [0.1, 0.15) is 6.42 Å². The van der Waals surface area contributed by atoms with Gasteiger partial charge in [-0.05, 0) is 25.1 Å². The molecule has 1 saturated heterocycles. The number of non-ortho nitro benzene ring substituents is 1. The van der Waals surface area contributed by atoms with Crippen molar-refractivity contribution in [3.63, 3.8) is 0 Å². The normalized spacial score (nSPS) is 13.5. The molecule has 2 aromatic rings. The summed E-state index contributed by atoms with van der Waals surface area (Å²) in [6, 6.07) is 8.11. The molecule has 14 nitrogen and oxygen atoms in total. The molecule has 196 valence electrons. The number of aliphatic carboxylic acids is 2. The van der Waals surface area contributed by atoms with Crippen LogP contribution in [-0.4, -0.2) is 87.4 Å². The quantitative estimate of drug-likeness (QED) is 0.289. The predicted molar refractivity (Wildman–Crippen MR) is 132 cm³/mol. The third-order valence-electron chi connectivity index (χ3n) is 5.85. The Balaban J connectivity index is 0.000000678. The van der Waals surface area contributed by atoms with Crippen molar-refractivity contribution in [3.05, 3.63) is 61.3 Å². The van der Waals surface area contributed by atoms with Crippen LogP contribution in [0.4, 0.5) is 17.2 Å². The van der Waals surface area contributed by atoms with Crippen molar-refractivity contribution in [1.29, 1.82) is 0 Å². The number of carboxylic acid groups (broad SMARTS) is 2. The van der Waals surface area contributed by atoms with Crippen molar-refractivity contribution in [2.45, 2.75) is 6.42 Å². The molecular weight excluding hydrogens is 476 g/mol. The first-order valence-electron chi connectivity index (χ1n) is 11.1. The molecule has 0 amide bonds. The first-order valence-corrected chi connectivity index (χ1v) is 11.1. The van der Waals surface area contributed by atoms with Crippen LogP contribution in [0.2, 0.25) is 0 Å². The lowest BCUT2D eigenvalue weighted by atomic mass is 10.2. The highest BCUT2D eigenvalue weighted by Crippen LogP contribution is 2.18. The van der Waals surface area contributed by atoms with E-state index in [0.29, 0.717) is 5.82 Å². The molecule has 1 aromatic heterocycles. The summed E-state index contributed by atoms with van der Waals surface area (Å²) in [6.45, 7) is 5.05. The summed E-state index contributed by atoms with van der Waals surface area (Å²) >= 11 is 0. The Morgan fingerprint density at radius 1 is 1.00 bits per heavy atom. The van der Waals surface area contributed by atoms with Crippen LogP contribution in [0, 0.1) is 10.1 Å². The van der Waals surface area contributed by atoms with Gasteiger partial charge in [-0.25, -0.2) is 14.4 Å². The molecule has 2 N–H and O–H groups in total. The molecule has 1 aromatic carbocycles. The minimum Gasteiger partial charge on any atom is -0.473 e. The Kier molecular flexibility index (Phi) is 9.73. The first kappa shape index (κ1) is 28.0. The Morgan fingerprint density at radius 2 is 1.56 bits per heavy atom. The minimum atomic E-state index is -1.82. The number of hydrogen-bond donors (Lipinski definition) is 2. The van der Waals surface area contributed by atoms with Gasteiger partial charge >= 0.3 is 17.6 Å². The van der Waals surface area contributed by atoms with E-state index in [4.69, 9.17) is 19.8 Å². The molecule has 3 rings (SSSR count). The fraction of sp³-hybridized carbons (Fsp3) is 0.455. The first-order chi connectivity index (χ1) is 16.9. The van der Waals surface area contributed by atoms with Gasteiger partial charge in [0, 0.05) is 77.8 Å². The van der Waals surface area contributed by atoms with E-state index in [1.807, 2.05) is 7.05 Å². The van der Waals surface area contributed by atoms with Gasteiger partial charge in [0.05, 0.1) is 4.92 Å². The molecule has 36 heavy (non-hydrogen) atoms. The van der Waals surface area contributed by atoms with Crippen LogP contribution in [0.5, 0.6) is 0 Å². The molecule has 0 saturated carbocycles. The molecule has 1 aliphatic heterocycles. The van der Waals surface area contributed by atoms with E-state index >= 15 is 0 Å². The summed E-state index contributed by atoms with van der Waals surface area (Å²) in [6.07, 6.45) is 0.970. The van der Waals surface area contributed by atoms with Gasteiger partial charge in [0.1, 0.15) is 5.82 Å².